The molecule has 5 heteroatoms. The second-order valence-electron chi connectivity index (χ2n) is 5.42. The van der Waals surface area contributed by atoms with E-state index in [4.69, 9.17) is 0 Å². The average molecular weight is 303 g/mol. The van der Waals surface area contributed by atoms with Gasteiger partial charge >= 0.3 is 0 Å². The van der Waals surface area contributed by atoms with Crippen molar-refractivity contribution in [1.82, 2.24) is 10.3 Å². The lowest BCUT2D eigenvalue weighted by atomic mass is 10.1. The van der Waals surface area contributed by atoms with Gasteiger partial charge in [0.2, 0.25) is 5.91 Å². The summed E-state index contributed by atoms with van der Waals surface area (Å²) in [6.45, 7) is 7.37. The van der Waals surface area contributed by atoms with Crippen molar-refractivity contribution in [2.45, 2.75) is 27.3 Å². The molecule has 0 aliphatic rings. The molecule has 0 spiro atoms. The minimum Gasteiger partial charge on any atom is -0.361 e. The quantitative estimate of drug-likeness (QED) is 0.858. The van der Waals surface area contributed by atoms with E-state index in [1.807, 2.05) is 24.3 Å². The van der Waals surface area contributed by atoms with Crippen LogP contribution in [0, 0.1) is 5.92 Å². The summed E-state index contributed by atoms with van der Waals surface area (Å²) in [6.07, 6.45) is 0. The third-order valence-corrected chi connectivity index (χ3v) is 3.76. The summed E-state index contributed by atoms with van der Waals surface area (Å²) in [7, 11) is 0. The fraction of sp³-hybridized carbons (Fsp3) is 0.375. The van der Waals surface area contributed by atoms with E-state index in [0.29, 0.717) is 12.5 Å². The van der Waals surface area contributed by atoms with Crippen molar-refractivity contribution < 1.29 is 4.79 Å². The van der Waals surface area contributed by atoms with Gasteiger partial charge in [-0.05, 0) is 11.5 Å². The highest BCUT2D eigenvalue weighted by Crippen LogP contribution is 2.25. The van der Waals surface area contributed by atoms with Crippen molar-refractivity contribution in [2.24, 2.45) is 5.92 Å². The summed E-state index contributed by atoms with van der Waals surface area (Å²) in [5, 5.41) is 9.15. The number of nitrogens with zero attached hydrogens (tertiary/aromatic N) is 1. The molecule has 2 aromatic rings. The summed E-state index contributed by atoms with van der Waals surface area (Å²) in [4.78, 5) is 15.5. The maximum Gasteiger partial charge on any atom is 0.217 e. The second-order valence-corrected chi connectivity index (χ2v) is 6.28. The number of hydrogen-bond acceptors (Lipinski definition) is 4. The van der Waals surface area contributed by atoms with E-state index in [-0.39, 0.29) is 5.91 Å². The lowest BCUT2D eigenvalue weighted by Crippen LogP contribution is -2.18. The smallest absolute Gasteiger partial charge is 0.217 e. The highest BCUT2D eigenvalue weighted by molar-refractivity contribution is 7.14. The Morgan fingerprint density at radius 2 is 2.00 bits per heavy atom. The van der Waals surface area contributed by atoms with E-state index in [9.17, 15) is 4.79 Å². The Labute approximate surface area is 129 Å². The monoisotopic (exact) mass is 303 g/mol. The third-order valence-electron chi connectivity index (χ3n) is 2.96. The van der Waals surface area contributed by atoms with Crippen LogP contribution in [0.5, 0.6) is 0 Å². The number of carbonyl (C=O) groups is 1. The van der Waals surface area contributed by atoms with Crippen LogP contribution in [0.4, 0.5) is 5.13 Å². The molecule has 0 aliphatic carbocycles. The lowest BCUT2D eigenvalue weighted by molar-refractivity contribution is -0.119. The molecule has 0 unspecified atom stereocenters. The van der Waals surface area contributed by atoms with Crippen LogP contribution in [-0.4, -0.2) is 17.4 Å². The first kappa shape index (κ1) is 15.5. The highest BCUT2D eigenvalue weighted by atomic mass is 32.1. The Morgan fingerprint density at radius 3 is 2.62 bits per heavy atom. The maximum atomic E-state index is 10.9. The Kier molecular flexibility index (Phi) is 5.33. The van der Waals surface area contributed by atoms with Gasteiger partial charge in [0, 0.05) is 31.0 Å². The van der Waals surface area contributed by atoms with Crippen LogP contribution in [-0.2, 0) is 11.3 Å². The van der Waals surface area contributed by atoms with E-state index < -0.39 is 0 Å². The molecule has 0 atom stereocenters. The number of amides is 1. The third kappa shape index (κ3) is 4.86. The Bertz CT molecular complexity index is 590. The predicted molar refractivity (Wildman–Crippen MR) is 88.4 cm³/mol. The molecule has 0 saturated carbocycles. The molecule has 4 nitrogen and oxygen atoms in total. The molecular weight excluding hydrogens is 282 g/mol. The van der Waals surface area contributed by atoms with Crippen LogP contribution in [0.15, 0.2) is 29.6 Å². The van der Waals surface area contributed by atoms with Gasteiger partial charge in [0.1, 0.15) is 0 Å². The van der Waals surface area contributed by atoms with Gasteiger partial charge in [-0.25, -0.2) is 4.98 Å². The Hall–Kier alpha value is -1.88. The van der Waals surface area contributed by atoms with Crippen molar-refractivity contribution in [2.75, 3.05) is 11.9 Å². The summed E-state index contributed by atoms with van der Waals surface area (Å²) in [5.41, 5.74) is 3.16. The zero-order valence-corrected chi connectivity index (χ0v) is 13.5. The van der Waals surface area contributed by atoms with Crippen molar-refractivity contribution >= 4 is 22.4 Å². The zero-order valence-electron chi connectivity index (χ0n) is 12.6. The van der Waals surface area contributed by atoms with E-state index >= 15 is 0 Å². The molecule has 1 heterocycles. The summed E-state index contributed by atoms with van der Waals surface area (Å²) in [5.74, 6) is 0.588. The van der Waals surface area contributed by atoms with Gasteiger partial charge in [0.05, 0.1) is 5.69 Å². The van der Waals surface area contributed by atoms with E-state index in [1.54, 1.807) is 11.3 Å². The van der Waals surface area contributed by atoms with Gasteiger partial charge < -0.3 is 10.6 Å². The van der Waals surface area contributed by atoms with Gasteiger partial charge in [-0.2, -0.15) is 0 Å². The number of hydrogen-bond donors (Lipinski definition) is 2. The van der Waals surface area contributed by atoms with Crippen LogP contribution in [0.2, 0.25) is 0 Å². The first-order valence-electron chi connectivity index (χ1n) is 7.07. The molecule has 1 amide bonds. The largest absolute Gasteiger partial charge is 0.361 e. The standard InChI is InChI=1S/C16H21N3OS/c1-11(2)8-18-16-19-15(10-21-16)14-6-4-13(5-7-14)9-17-12(3)20/h4-7,10-11H,8-9H2,1-3H3,(H,17,20)(H,18,19). The Morgan fingerprint density at radius 1 is 1.29 bits per heavy atom. The van der Waals surface area contributed by atoms with Crippen LogP contribution in [0.1, 0.15) is 26.3 Å². The van der Waals surface area contributed by atoms with Crippen molar-refractivity contribution in [3.05, 3.63) is 35.2 Å². The Balaban J connectivity index is 2.00. The van der Waals surface area contributed by atoms with Gasteiger partial charge in [-0.3, -0.25) is 4.79 Å². The van der Waals surface area contributed by atoms with Crippen LogP contribution in [0.25, 0.3) is 11.3 Å². The number of nitrogens with one attached hydrogen (secondary N) is 2. The molecule has 1 aromatic carbocycles. The van der Waals surface area contributed by atoms with Crippen LogP contribution < -0.4 is 10.6 Å². The molecule has 0 fully saturated rings. The summed E-state index contributed by atoms with van der Waals surface area (Å²) < 4.78 is 0. The minimum atomic E-state index is -0.0144. The van der Waals surface area contributed by atoms with E-state index in [2.05, 4.69) is 34.8 Å². The molecule has 112 valence electrons. The number of carbonyl (C=O) groups excluding carboxylic acids is 1. The highest BCUT2D eigenvalue weighted by Gasteiger charge is 2.05. The number of aromatic nitrogens is 1. The molecule has 1 aromatic heterocycles. The molecule has 0 saturated heterocycles. The van der Waals surface area contributed by atoms with Crippen molar-refractivity contribution in [1.29, 1.82) is 0 Å². The van der Waals surface area contributed by atoms with E-state index in [1.165, 1.54) is 6.92 Å². The second kappa shape index (κ2) is 7.22. The first-order chi connectivity index (χ1) is 10.0. The van der Waals surface area contributed by atoms with Crippen LogP contribution >= 0.6 is 11.3 Å². The normalized spacial score (nSPS) is 10.7. The minimum absolute atomic E-state index is 0.0144. The summed E-state index contributed by atoms with van der Waals surface area (Å²) >= 11 is 1.63. The average Bonchev–Trinajstić information content (AvgIpc) is 2.92. The number of anilines is 1. The van der Waals surface area contributed by atoms with Gasteiger partial charge in [0.25, 0.3) is 0 Å². The fourth-order valence-electron chi connectivity index (χ4n) is 1.80. The van der Waals surface area contributed by atoms with Gasteiger partial charge in [-0.1, -0.05) is 38.1 Å². The first-order valence-corrected chi connectivity index (χ1v) is 7.95. The topological polar surface area (TPSA) is 54.0 Å². The molecule has 0 bridgehead atoms. The number of rotatable bonds is 6. The molecule has 2 rings (SSSR count). The molecular formula is C16H21N3OS. The molecule has 0 radical (unpaired) electrons. The van der Waals surface area contributed by atoms with Gasteiger partial charge in [0.15, 0.2) is 5.13 Å². The fourth-order valence-corrected chi connectivity index (χ4v) is 2.53. The molecule has 0 aliphatic heterocycles. The molecule has 2 N–H and O–H groups in total. The number of thiazole rings is 1. The van der Waals surface area contributed by atoms with Crippen LogP contribution in [0.3, 0.4) is 0 Å². The number of benzene rings is 1. The van der Waals surface area contributed by atoms with Crippen molar-refractivity contribution in [3.63, 3.8) is 0 Å². The molecule has 21 heavy (non-hydrogen) atoms. The zero-order chi connectivity index (χ0) is 15.2. The van der Waals surface area contributed by atoms with E-state index in [0.717, 1.165) is 28.5 Å². The SMILES string of the molecule is CC(=O)NCc1ccc(-c2csc(NCC(C)C)n2)cc1. The predicted octanol–water partition coefficient (Wildman–Crippen LogP) is 3.51. The lowest BCUT2D eigenvalue weighted by Gasteiger charge is -2.05. The maximum absolute atomic E-state index is 10.9. The van der Waals surface area contributed by atoms with Gasteiger partial charge in [-0.15, -0.1) is 11.3 Å². The summed E-state index contributed by atoms with van der Waals surface area (Å²) in [6, 6.07) is 8.12. The van der Waals surface area contributed by atoms with Crippen molar-refractivity contribution in [3.8, 4) is 11.3 Å².